The van der Waals surface area contributed by atoms with Gasteiger partial charge in [0.25, 0.3) is 7.42 Å². The van der Waals surface area contributed by atoms with Crippen molar-refractivity contribution < 1.29 is 0 Å². The molecule has 0 aliphatic rings. The van der Waals surface area contributed by atoms with Crippen LogP contribution in [0.1, 0.15) is 0 Å². The second-order valence-corrected chi connectivity index (χ2v) is 11.8. The third-order valence-corrected chi connectivity index (χ3v) is 8.52. The Bertz CT molecular complexity index is 942. The van der Waals surface area contributed by atoms with Gasteiger partial charge in [-0.15, -0.1) is 22.2 Å². The van der Waals surface area contributed by atoms with Gasteiger partial charge in [-0.1, -0.05) is 107 Å². The molecule has 0 N–H and O–H groups in total. The topological polar surface area (TPSA) is 0 Å². The molecule has 0 saturated carbocycles. The van der Waals surface area contributed by atoms with Gasteiger partial charge < -0.3 is 0 Å². The van der Waals surface area contributed by atoms with Gasteiger partial charge in [-0.2, -0.15) is 0 Å². The molecule has 0 bridgehead atoms. The molecule has 3 rings (SSSR count). The predicted octanol–water partition coefficient (Wildman–Crippen LogP) is 8.19. The Morgan fingerprint density at radius 3 is 1.62 bits per heavy atom. The first kappa shape index (κ1) is 20.6. The number of rotatable bonds is 3. The molecule has 134 valence electrons. The van der Waals surface area contributed by atoms with Crippen molar-refractivity contribution in [1.82, 2.24) is 0 Å². The highest BCUT2D eigenvalue weighted by atomic mass is 35.7. The first-order valence-electron chi connectivity index (χ1n) is 7.32. The summed E-state index contributed by atoms with van der Waals surface area (Å²) >= 11 is 44.4. The van der Waals surface area contributed by atoms with E-state index in [9.17, 15) is 0 Å². The molecule has 0 amide bonds. The van der Waals surface area contributed by atoms with Gasteiger partial charge in [-0.05, 0) is 21.9 Å². The van der Waals surface area contributed by atoms with Crippen LogP contribution in [0.2, 0.25) is 25.1 Å². The first-order valence-corrected chi connectivity index (χ1v) is 13.3. The zero-order valence-electron chi connectivity index (χ0n) is 12.8. The lowest BCUT2D eigenvalue weighted by Gasteiger charge is -2.20. The van der Waals surface area contributed by atoms with E-state index in [1.807, 2.05) is 48.5 Å². The molecule has 26 heavy (non-hydrogen) atoms. The Morgan fingerprint density at radius 1 is 0.538 bits per heavy atom. The van der Waals surface area contributed by atoms with Crippen molar-refractivity contribution in [2.24, 2.45) is 0 Å². The Balaban J connectivity index is 2.46. The van der Waals surface area contributed by atoms with Crippen molar-refractivity contribution in [2.45, 2.75) is 0 Å². The fraction of sp³-hybridized carbons (Fsp3) is 0. The third-order valence-electron chi connectivity index (χ3n) is 3.88. The molecule has 3 aromatic carbocycles. The fourth-order valence-electron chi connectivity index (χ4n) is 2.71. The van der Waals surface area contributed by atoms with Gasteiger partial charge >= 0.3 is 0 Å². The van der Waals surface area contributed by atoms with Gasteiger partial charge in [-0.25, -0.2) is 0 Å². The lowest BCUT2D eigenvalue weighted by atomic mass is 9.94. The van der Waals surface area contributed by atoms with E-state index in [1.54, 1.807) is 0 Å². The Kier molecular flexibility index (Phi) is 6.75. The van der Waals surface area contributed by atoms with Gasteiger partial charge in [0.05, 0.1) is 25.1 Å². The predicted molar refractivity (Wildman–Crippen MR) is 121 cm³/mol. The van der Waals surface area contributed by atoms with E-state index in [1.165, 1.54) is 0 Å². The molecule has 0 heterocycles. The minimum atomic E-state index is -2.27. The maximum absolute atomic E-state index is 6.52. The van der Waals surface area contributed by atoms with Gasteiger partial charge in [0.1, 0.15) is 0 Å². The van der Waals surface area contributed by atoms with Crippen LogP contribution >= 0.6 is 80.2 Å². The van der Waals surface area contributed by atoms with Crippen LogP contribution in [0.4, 0.5) is 0 Å². The van der Waals surface area contributed by atoms with Crippen molar-refractivity contribution in [1.29, 1.82) is 0 Å². The number of hydrogen-bond donors (Lipinski definition) is 0. The Hall–Kier alpha value is -0.0931. The average molecular weight is 502 g/mol. The van der Waals surface area contributed by atoms with Gasteiger partial charge in [0.15, 0.2) is 0 Å². The molecule has 0 aliphatic carbocycles. The molecule has 0 radical (unpaired) electrons. The Morgan fingerprint density at radius 2 is 1.08 bits per heavy atom. The second-order valence-electron chi connectivity index (χ2n) is 5.38. The highest BCUT2D eigenvalue weighted by Gasteiger charge is 2.26. The van der Waals surface area contributed by atoms with Crippen LogP contribution in [-0.2, 0) is 0 Å². The summed E-state index contributed by atoms with van der Waals surface area (Å²) in [6.07, 6.45) is 0. The number of hydrogen-bond acceptors (Lipinski definition) is 0. The molecule has 0 aliphatic heterocycles. The van der Waals surface area contributed by atoms with E-state index >= 15 is 0 Å². The summed E-state index contributed by atoms with van der Waals surface area (Å²) in [5.74, 6) is 0. The van der Waals surface area contributed by atoms with Crippen molar-refractivity contribution in [3.63, 3.8) is 0 Å². The van der Waals surface area contributed by atoms with Crippen molar-refractivity contribution in [3.05, 3.63) is 73.6 Å². The molecule has 0 nitrogen and oxygen atoms in total. The van der Waals surface area contributed by atoms with Crippen LogP contribution in [-0.4, -0.2) is 7.42 Å². The lowest BCUT2D eigenvalue weighted by Crippen LogP contribution is -2.21. The van der Waals surface area contributed by atoms with Gasteiger partial charge in [-0.3, -0.25) is 0 Å². The van der Waals surface area contributed by atoms with Crippen LogP contribution < -0.4 is 5.19 Å². The van der Waals surface area contributed by atoms with Gasteiger partial charge in [0, 0.05) is 5.56 Å². The van der Waals surface area contributed by atoms with Crippen LogP contribution in [0.25, 0.3) is 22.3 Å². The molecule has 0 spiro atoms. The maximum atomic E-state index is 6.52. The fourth-order valence-corrected chi connectivity index (χ4v) is 5.91. The molecular weight excluding hydrogens is 492 g/mol. The monoisotopic (exact) mass is 498 g/mol. The quantitative estimate of drug-likeness (QED) is 0.147. The summed E-state index contributed by atoms with van der Waals surface area (Å²) in [7, 11) is -2.27. The van der Waals surface area contributed by atoms with E-state index < -0.39 is 7.42 Å². The van der Waals surface area contributed by atoms with Crippen LogP contribution in [0.15, 0.2) is 48.5 Å². The summed E-state index contributed by atoms with van der Waals surface area (Å²) < 4.78 is 0. The summed E-state index contributed by atoms with van der Waals surface area (Å²) in [4.78, 5) is 0. The Labute approximate surface area is 187 Å². The molecule has 3 aromatic rings. The largest absolute Gasteiger partial charge is 0.267 e. The molecule has 0 unspecified atom stereocenters. The standard InChI is InChI=1S/C18H9Cl7Si/c19-14-13(15(20)17(22)18(23)16(14)21)12-10(9-5-2-1-3-6-9)7-4-8-11(12)26(24)25/h1-8,26H. The first-order chi connectivity index (χ1) is 12.3. The van der Waals surface area contributed by atoms with E-state index in [-0.39, 0.29) is 25.1 Å². The minimum Gasteiger partial charge on any atom is -0.144 e. The highest BCUT2D eigenvalue weighted by molar-refractivity contribution is 7.39. The normalized spacial score (nSPS) is 11.2. The lowest BCUT2D eigenvalue weighted by molar-refractivity contribution is 1.60. The number of halogens is 7. The molecule has 8 heteroatoms. The summed E-state index contributed by atoms with van der Waals surface area (Å²) in [6.45, 7) is 0. The minimum absolute atomic E-state index is 0.108. The second kappa shape index (κ2) is 8.51. The number of benzene rings is 3. The van der Waals surface area contributed by atoms with Gasteiger partial charge in [0.2, 0.25) is 0 Å². The maximum Gasteiger partial charge on any atom is 0.267 e. The van der Waals surface area contributed by atoms with E-state index in [0.717, 1.165) is 21.9 Å². The SMILES string of the molecule is Clc1c(Cl)c(Cl)c(-c2c(-c3ccccc3)cccc2[SiH](Cl)Cl)c(Cl)c1Cl. The zero-order valence-corrected chi connectivity index (χ0v) is 19.3. The third kappa shape index (κ3) is 3.74. The molecule has 0 atom stereocenters. The smallest absolute Gasteiger partial charge is 0.144 e. The molecule has 0 aromatic heterocycles. The summed E-state index contributed by atoms with van der Waals surface area (Å²) in [5, 5.41) is 1.56. The molecular formula is C18H9Cl7Si. The summed E-state index contributed by atoms with van der Waals surface area (Å²) in [6, 6.07) is 15.5. The van der Waals surface area contributed by atoms with E-state index in [0.29, 0.717) is 5.56 Å². The molecule has 0 saturated heterocycles. The van der Waals surface area contributed by atoms with Crippen molar-refractivity contribution in [3.8, 4) is 22.3 Å². The van der Waals surface area contributed by atoms with Crippen molar-refractivity contribution >= 4 is 92.8 Å². The van der Waals surface area contributed by atoms with Crippen molar-refractivity contribution in [2.75, 3.05) is 0 Å². The zero-order chi connectivity index (χ0) is 19.0. The highest BCUT2D eigenvalue weighted by Crippen LogP contribution is 2.49. The van der Waals surface area contributed by atoms with Crippen LogP contribution in [0.5, 0.6) is 0 Å². The van der Waals surface area contributed by atoms with E-state index in [2.05, 4.69) is 0 Å². The van der Waals surface area contributed by atoms with E-state index in [4.69, 9.17) is 80.2 Å². The average Bonchev–Trinajstić information content (AvgIpc) is 2.65. The summed E-state index contributed by atoms with van der Waals surface area (Å²) in [5.41, 5.74) is 3.03. The molecule has 0 fully saturated rings. The van der Waals surface area contributed by atoms with Crippen LogP contribution in [0, 0.1) is 0 Å². The van der Waals surface area contributed by atoms with Crippen LogP contribution in [0.3, 0.4) is 0 Å².